The summed E-state index contributed by atoms with van der Waals surface area (Å²) in [5.41, 5.74) is 6.85. The van der Waals surface area contributed by atoms with Crippen molar-refractivity contribution >= 4 is 33.4 Å². The zero-order chi connectivity index (χ0) is 18.9. The third-order valence-electron chi connectivity index (χ3n) is 3.49. The summed E-state index contributed by atoms with van der Waals surface area (Å²) in [5, 5.41) is 4.16. The van der Waals surface area contributed by atoms with E-state index < -0.39 is 16.0 Å². The van der Waals surface area contributed by atoms with Crippen molar-refractivity contribution < 1.29 is 17.9 Å². The molecule has 2 N–H and O–H groups in total. The second-order valence-electron chi connectivity index (χ2n) is 5.47. The van der Waals surface area contributed by atoms with Gasteiger partial charge in [-0.25, -0.2) is 4.79 Å². The van der Waals surface area contributed by atoms with Gasteiger partial charge < -0.3 is 10.5 Å². The van der Waals surface area contributed by atoms with Gasteiger partial charge in [0.15, 0.2) is 0 Å². The first kappa shape index (κ1) is 18.0. The van der Waals surface area contributed by atoms with E-state index in [1.165, 1.54) is 24.3 Å². The first-order valence-corrected chi connectivity index (χ1v) is 9.25. The number of hydrogen-bond acceptors (Lipinski definition) is 6. The summed E-state index contributed by atoms with van der Waals surface area (Å²) in [6, 6.07) is 13.5. The van der Waals surface area contributed by atoms with Crippen molar-refractivity contribution in [2.24, 2.45) is 0 Å². The third-order valence-corrected chi connectivity index (χ3v) is 5.34. The Morgan fingerprint density at radius 2 is 1.85 bits per heavy atom. The second kappa shape index (κ2) is 6.81. The largest absolute Gasteiger partial charge is 0.402 e. The van der Waals surface area contributed by atoms with Gasteiger partial charge >= 0.3 is 5.97 Å². The maximum Gasteiger partial charge on any atom is 0.344 e. The fraction of sp³-hybridized carbons (Fsp3) is 0.0588. The lowest BCUT2D eigenvalue weighted by molar-refractivity contribution is 0.0727. The van der Waals surface area contributed by atoms with Gasteiger partial charge in [-0.05, 0) is 37.3 Å². The van der Waals surface area contributed by atoms with Crippen LogP contribution in [0.3, 0.4) is 0 Å². The molecule has 0 saturated heterocycles. The molecule has 0 radical (unpaired) electrons. The number of aromatic nitrogens is 2. The van der Waals surface area contributed by atoms with E-state index in [1.807, 2.05) is 6.92 Å². The van der Waals surface area contributed by atoms with Crippen LogP contribution in [0, 0.1) is 6.92 Å². The Balaban J connectivity index is 1.89. The molecular formula is C17H14ClN3O4S. The molecule has 0 aliphatic rings. The smallest absolute Gasteiger partial charge is 0.344 e. The Kier molecular flexibility index (Phi) is 4.71. The van der Waals surface area contributed by atoms with Crippen molar-refractivity contribution in [2.45, 2.75) is 11.8 Å². The number of nitrogens with zero attached hydrogens (tertiary/aromatic N) is 2. The number of aryl methyl sites for hydroxylation is 1. The number of carbonyl (C=O) groups excluding carboxylic acids is 1. The minimum Gasteiger partial charge on any atom is -0.402 e. The zero-order valence-electron chi connectivity index (χ0n) is 13.6. The van der Waals surface area contributed by atoms with Gasteiger partial charge in [-0.3, -0.25) is 0 Å². The van der Waals surface area contributed by atoms with Crippen LogP contribution >= 0.6 is 11.6 Å². The van der Waals surface area contributed by atoms with Gasteiger partial charge in [-0.1, -0.05) is 35.4 Å². The number of esters is 1. The Morgan fingerprint density at radius 1 is 1.15 bits per heavy atom. The van der Waals surface area contributed by atoms with E-state index >= 15 is 0 Å². The minimum atomic E-state index is -4.00. The summed E-state index contributed by atoms with van der Waals surface area (Å²) in [7, 11) is -4.00. The molecule has 0 fully saturated rings. The van der Waals surface area contributed by atoms with E-state index in [2.05, 4.69) is 5.10 Å². The predicted molar refractivity (Wildman–Crippen MR) is 96.8 cm³/mol. The molecule has 1 aromatic heterocycles. The fourth-order valence-electron chi connectivity index (χ4n) is 2.18. The van der Waals surface area contributed by atoms with Crippen LogP contribution in [0.2, 0.25) is 5.02 Å². The summed E-state index contributed by atoms with van der Waals surface area (Å²) in [5.74, 6) is -1.15. The molecule has 9 heteroatoms. The summed E-state index contributed by atoms with van der Waals surface area (Å²) in [6.45, 7) is 1.84. The molecule has 3 aromatic rings. The summed E-state index contributed by atoms with van der Waals surface area (Å²) in [6.07, 6.45) is 0. The minimum absolute atomic E-state index is 0.0191. The quantitative estimate of drug-likeness (QED) is 0.685. The molecule has 1 heterocycles. The summed E-state index contributed by atoms with van der Waals surface area (Å²) < 4.78 is 31.0. The van der Waals surface area contributed by atoms with Gasteiger partial charge in [-0.15, -0.1) is 9.19 Å². The Hall–Kier alpha value is -2.84. The first-order chi connectivity index (χ1) is 12.3. The van der Waals surface area contributed by atoms with Crippen LogP contribution in [-0.4, -0.2) is 23.6 Å². The topological polar surface area (TPSA) is 104 Å². The monoisotopic (exact) mass is 391 g/mol. The van der Waals surface area contributed by atoms with Crippen LogP contribution in [0.4, 0.5) is 5.82 Å². The molecule has 0 bridgehead atoms. The van der Waals surface area contributed by atoms with E-state index in [0.29, 0.717) is 9.11 Å². The average Bonchev–Trinajstić information content (AvgIpc) is 2.96. The molecule has 0 aliphatic heterocycles. The van der Waals surface area contributed by atoms with Gasteiger partial charge in [0.05, 0.1) is 10.5 Å². The van der Waals surface area contributed by atoms with E-state index in [4.69, 9.17) is 22.1 Å². The molecule has 7 nitrogen and oxygen atoms in total. The number of benzene rings is 2. The lowest BCUT2D eigenvalue weighted by atomic mass is 10.2. The number of nitrogen functional groups attached to an aromatic ring is 1. The first-order valence-electron chi connectivity index (χ1n) is 7.43. The number of halogens is 1. The molecule has 0 atom stereocenters. The molecule has 3 rings (SSSR count). The number of anilines is 1. The lowest BCUT2D eigenvalue weighted by Gasteiger charge is -2.06. The number of hydrogen-bond donors (Lipinski definition) is 1. The highest BCUT2D eigenvalue weighted by Crippen LogP contribution is 2.22. The number of rotatable bonds is 4. The van der Waals surface area contributed by atoms with E-state index in [-0.39, 0.29) is 22.2 Å². The number of carbonyl (C=O) groups is 1. The van der Waals surface area contributed by atoms with Crippen molar-refractivity contribution in [3.8, 4) is 5.88 Å². The van der Waals surface area contributed by atoms with E-state index in [1.54, 1.807) is 24.3 Å². The van der Waals surface area contributed by atoms with Crippen LogP contribution in [0.5, 0.6) is 5.88 Å². The third kappa shape index (κ3) is 3.56. The standard InChI is InChI=1S/C17H14ClN3O4S/c1-11-5-7-14(8-6-11)26(23,24)21-15(19)10-16(20-21)25-17(22)12-3-2-4-13(18)9-12/h2-10H,19H2,1H3. The Morgan fingerprint density at radius 3 is 2.50 bits per heavy atom. The number of ether oxygens (including phenoxy) is 1. The maximum absolute atomic E-state index is 12.6. The van der Waals surface area contributed by atoms with Gasteiger partial charge in [0.2, 0.25) is 5.88 Å². The lowest BCUT2D eigenvalue weighted by Crippen LogP contribution is -2.17. The highest BCUT2D eigenvalue weighted by molar-refractivity contribution is 7.90. The molecular weight excluding hydrogens is 378 g/mol. The maximum atomic E-state index is 12.6. The fourth-order valence-corrected chi connectivity index (χ4v) is 3.57. The van der Waals surface area contributed by atoms with Gasteiger partial charge in [0.1, 0.15) is 5.82 Å². The molecule has 0 amide bonds. The number of nitrogens with two attached hydrogens (primary N) is 1. The highest BCUT2D eigenvalue weighted by Gasteiger charge is 2.23. The van der Waals surface area contributed by atoms with Crippen LogP contribution in [0.1, 0.15) is 15.9 Å². The normalized spacial score (nSPS) is 11.3. The zero-order valence-corrected chi connectivity index (χ0v) is 15.2. The highest BCUT2D eigenvalue weighted by atomic mass is 35.5. The van der Waals surface area contributed by atoms with E-state index in [0.717, 1.165) is 11.6 Å². The van der Waals surface area contributed by atoms with Crippen LogP contribution in [-0.2, 0) is 10.0 Å². The molecule has 0 saturated carbocycles. The average molecular weight is 392 g/mol. The van der Waals surface area contributed by atoms with Crippen LogP contribution in [0.15, 0.2) is 59.5 Å². The van der Waals surface area contributed by atoms with E-state index in [9.17, 15) is 13.2 Å². The summed E-state index contributed by atoms with van der Waals surface area (Å²) in [4.78, 5) is 12.1. The Bertz CT molecular complexity index is 1080. The predicted octanol–water partition coefficient (Wildman–Crippen LogP) is 2.88. The molecule has 134 valence electrons. The van der Waals surface area contributed by atoms with Gasteiger partial charge in [0, 0.05) is 11.1 Å². The summed E-state index contributed by atoms with van der Waals surface area (Å²) >= 11 is 5.83. The molecule has 0 spiro atoms. The SMILES string of the molecule is Cc1ccc(S(=O)(=O)n2nc(OC(=O)c3cccc(Cl)c3)cc2N)cc1. The van der Waals surface area contributed by atoms with Crippen LogP contribution < -0.4 is 10.5 Å². The molecule has 0 aliphatic carbocycles. The second-order valence-corrected chi connectivity index (χ2v) is 7.67. The van der Waals surface area contributed by atoms with Crippen molar-refractivity contribution in [1.29, 1.82) is 0 Å². The van der Waals surface area contributed by atoms with Crippen LogP contribution in [0.25, 0.3) is 0 Å². The van der Waals surface area contributed by atoms with Gasteiger partial charge in [0.25, 0.3) is 10.0 Å². The molecule has 26 heavy (non-hydrogen) atoms. The molecule has 2 aromatic carbocycles. The van der Waals surface area contributed by atoms with Crippen molar-refractivity contribution in [2.75, 3.05) is 5.73 Å². The van der Waals surface area contributed by atoms with Crippen molar-refractivity contribution in [3.05, 3.63) is 70.7 Å². The van der Waals surface area contributed by atoms with Crippen molar-refractivity contribution in [3.63, 3.8) is 0 Å². The van der Waals surface area contributed by atoms with Gasteiger partial charge in [-0.2, -0.15) is 8.42 Å². The molecule has 0 unspecified atom stereocenters. The van der Waals surface area contributed by atoms with Crippen molar-refractivity contribution in [1.82, 2.24) is 9.19 Å². The Labute approximate surface area is 155 Å².